The summed E-state index contributed by atoms with van der Waals surface area (Å²) >= 11 is 3.33. The van der Waals surface area contributed by atoms with Crippen molar-refractivity contribution < 1.29 is 112 Å². The molecule has 480 valence electrons. The summed E-state index contributed by atoms with van der Waals surface area (Å²) in [6.45, 7) is 6.52. The monoisotopic (exact) mass is 1260 g/mol. The molecule has 0 bridgehead atoms. The number of halogens is 7. The van der Waals surface area contributed by atoms with Crippen LogP contribution in [-0.2, 0) is 82.7 Å². The van der Waals surface area contributed by atoms with E-state index in [2.05, 4.69) is 47.7 Å². The van der Waals surface area contributed by atoms with E-state index in [0.717, 1.165) is 10.6 Å². The molecule has 0 fully saturated rings. The minimum Gasteiger partial charge on any atom is -0.420 e. The molecule has 1 aliphatic heterocycles. The molecule has 0 unspecified atom stereocenters. The van der Waals surface area contributed by atoms with E-state index in [1.54, 1.807) is 36.7 Å². The number of aliphatic imine (C=N–C) groups is 1. The third kappa shape index (κ3) is 29.6. The largest absolute Gasteiger partial charge is 0.523 e. The second kappa shape index (κ2) is 42.0. The molecule has 0 aliphatic carbocycles. The molecular formula is C54H72F7N7O17S. The number of carbonyl (C=O) groups is 4. The van der Waals surface area contributed by atoms with Crippen LogP contribution in [0.2, 0.25) is 0 Å². The Morgan fingerprint density at radius 3 is 1.58 bits per heavy atom. The minimum absolute atomic E-state index is 0.0115. The molecule has 1 aromatic heterocycles. The molecule has 0 saturated heterocycles. The summed E-state index contributed by atoms with van der Waals surface area (Å²) in [6, 6.07) is 5.35. The Bertz CT molecular complexity index is 2570. The third-order valence-corrected chi connectivity index (χ3v) is 11.5. The van der Waals surface area contributed by atoms with Gasteiger partial charge in [-0.2, -0.15) is 8.78 Å². The lowest BCUT2D eigenvalue weighted by Gasteiger charge is -2.22. The first kappa shape index (κ1) is 72.5. The van der Waals surface area contributed by atoms with Gasteiger partial charge in [0, 0.05) is 55.0 Å². The van der Waals surface area contributed by atoms with Crippen molar-refractivity contribution in [1.29, 1.82) is 0 Å². The average Bonchev–Trinajstić information content (AvgIpc) is 2.66. The van der Waals surface area contributed by atoms with Gasteiger partial charge in [-0.25, -0.2) is 28.8 Å². The van der Waals surface area contributed by atoms with Gasteiger partial charge in [0.1, 0.15) is 18.3 Å². The van der Waals surface area contributed by atoms with Crippen LogP contribution in [0.1, 0.15) is 44.0 Å². The molecule has 0 radical (unpaired) electrons. The van der Waals surface area contributed by atoms with Crippen LogP contribution in [0, 0.1) is 23.3 Å². The third-order valence-electron chi connectivity index (χ3n) is 11.1. The molecule has 0 spiro atoms. The van der Waals surface area contributed by atoms with Crippen molar-refractivity contribution in [2.45, 2.75) is 50.4 Å². The zero-order chi connectivity index (χ0) is 62.4. The fourth-order valence-corrected chi connectivity index (χ4v) is 7.15. The topological polar surface area (TPSA) is 280 Å². The molecule has 4 rings (SSSR count). The van der Waals surface area contributed by atoms with E-state index in [9.17, 15) is 49.9 Å². The van der Waals surface area contributed by atoms with Crippen molar-refractivity contribution in [2.24, 2.45) is 10.7 Å². The predicted molar refractivity (Wildman–Crippen MR) is 293 cm³/mol. The molecule has 2 aromatic carbocycles. The molecule has 32 heteroatoms. The van der Waals surface area contributed by atoms with Gasteiger partial charge >= 0.3 is 12.3 Å². The van der Waals surface area contributed by atoms with Gasteiger partial charge in [-0.15, -0.1) is 25.8 Å². The number of hydrogen-bond donors (Lipinski definition) is 4. The number of nitrogens with zero attached hydrogens (tertiary/aromatic N) is 4. The second-order valence-corrected chi connectivity index (χ2v) is 18.2. The number of alkyl halides is 3. The van der Waals surface area contributed by atoms with Gasteiger partial charge in [0.2, 0.25) is 29.2 Å². The quantitative estimate of drug-likeness (QED) is 0.0113. The smallest absolute Gasteiger partial charge is 0.420 e. The molecule has 3 amide bonds. The standard InChI is InChI=1S/C54H72F7N7O17S/c1-2-8-68(84-11-7-63-45(70)36-83-54(59,60)61)53(72)39-30-38-4-3-37(31-41(38)67-42(62)32-39)40-33-64-43(65-34-40)35-66-44(69)5-9-73-12-14-75-16-18-77-20-22-79-24-26-81-28-29-82-27-25-80-23-21-78-19-17-76-15-13-74-10-6-46(71)85-51-47(55)49(57)52(86)50(58)48(51)56/h3-4,30-31,33-34,86H,2,5-29,32,35-36H2,1H3,(H2,62,67)(H,63,70)(H,66,69). The van der Waals surface area contributed by atoms with Crippen LogP contribution in [0.15, 0.2) is 46.1 Å². The van der Waals surface area contributed by atoms with E-state index in [-0.39, 0.29) is 89.4 Å². The van der Waals surface area contributed by atoms with Crippen LogP contribution in [0.5, 0.6) is 5.75 Å². The highest BCUT2D eigenvalue weighted by Crippen LogP contribution is 2.33. The van der Waals surface area contributed by atoms with Gasteiger partial charge in [-0.05, 0) is 24.1 Å². The number of fused-ring (bicyclic) bond motifs is 1. The summed E-state index contributed by atoms with van der Waals surface area (Å²) in [5.41, 5.74) is 9.00. The highest BCUT2D eigenvalue weighted by molar-refractivity contribution is 7.80. The molecule has 86 heavy (non-hydrogen) atoms. The molecular weight excluding hydrogens is 1180 g/mol. The maximum Gasteiger partial charge on any atom is 0.523 e. The SMILES string of the molecule is CCCN(OCCNC(=O)COC(F)(F)F)C(=O)C1=Cc2ccc(-c3cnc(CNC(=O)CCOCCOCCOCCOCCOCCOCCOCCOCCOCCOCCC(=O)Oc4c(F)c(F)c(S)c(F)c4F)nc3)cc2N=C(N)C1. The maximum atomic E-state index is 13.8. The number of ether oxygens (including phenoxy) is 12. The first-order chi connectivity index (χ1) is 41.5. The van der Waals surface area contributed by atoms with Crippen molar-refractivity contribution in [3.05, 3.63) is 70.8 Å². The number of amidine groups is 1. The van der Waals surface area contributed by atoms with Crippen LogP contribution in [-0.4, -0.2) is 209 Å². The first-order valence-corrected chi connectivity index (χ1v) is 27.6. The number of hydroxylamine groups is 2. The van der Waals surface area contributed by atoms with Crippen molar-refractivity contribution in [2.75, 3.05) is 158 Å². The van der Waals surface area contributed by atoms with Crippen LogP contribution in [0.25, 0.3) is 17.2 Å². The van der Waals surface area contributed by atoms with Gasteiger partial charge in [0.25, 0.3) is 5.91 Å². The van der Waals surface area contributed by atoms with Gasteiger partial charge in [-0.1, -0.05) is 19.1 Å². The highest BCUT2D eigenvalue weighted by Gasteiger charge is 2.30. The van der Waals surface area contributed by atoms with Gasteiger partial charge < -0.3 is 68.5 Å². The minimum atomic E-state index is -4.94. The van der Waals surface area contributed by atoms with E-state index in [0.29, 0.717) is 128 Å². The summed E-state index contributed by atoms with van der Waals surface area (Å²) in [5, 5.41) is 6.11. The van der Waals surface area contributed by atoms with Gasteiger partial charge in [0.15, 0.2) is 11.6 Å². The van der Waals surface area contributed by atoms with E-state index in [4.69, 9.17) is 57.9 Å². The number of benzene rings is 2. The van der Waals surface area contributed by atoms with Crippen LogP contribution >= 0.6 is 12.6 Å². The zero-order valence-electron chi connectivity index (χ0n) is 47.4. The number of esters is 1. The Morgan fingerprint density at radius 1 is 0.628 bits per heavy atom. The number of amides is 3. The summed E-state index contributed by atoms with van der Waals surface area (Å²) in [6.07, 6.45) is 0.148. The number of aromatic nitrogens is 2. The van der Waals surface area contributed by atoms with Crippen LogP contribution < -0.4 is 21.1 Å². The number of nitrogens with one attached hydrogen (secondary N) is 2. The molecule has 0 saturated carbocycles. The number of rotatable bonds is 46. The molecule has 0 atom stereocenters. The summed E-state index contributed by atoms with van der Waals surface area (Å²) in [4.78, 5) is 67.0. The van der Waals surface area contributed by atoms with Crippen molar-refractivity contribution >= 4 is 53.9 Å². The molecule has 24 nitrogen and oxygen atoms in total. The highest BCUT2D eigenvalue weighted by atomic mass is 32.1. The number of hydrogen-bond acceptors (Lipinski definition) is 22. The van der Waals surface area contributed by atoms with Crippen molar-refractivity contribution in [3.8, 4) is 16.9 Å². The maximum absolute atomic E-state index is 13.8. The average molecular weight is 1260 g/mol. The summed E-state index contributed by atoms with van der Waals surface area (Å²) in [5.74, 6) is -11.1. The first-order valence-electron chi connectivity index (χ1n) is 27.2. The Hall–Kier alpha value is -6.01. The zero-order valence-corrected chi connectivity index (χ0v) is 48.3. The Labute approximate surface area is 497 Å². The molecule has 1 aliphatic rings. The number of nitrogens with two attached hydrogens (primary N) is 1. The lowest BCUT2D eigenvalue weighted by atomic mass is 10.0. The lowest BCUT2D eigenvalue weighted by Crippen LogP contribution is -2.38. The second-order valence-electron chi connectivity index (χ2n) is 17.7. The fourth-order valence-electron chi connectivity index (χ4n) is 6.96. The summed E-state index contributed by atoms with van der Waals surface area (Å²) < 4.78 is 153. The normalized spacial score (nSPS) is 12.3. The predicted octanol–water partition coefficient (Wildman–Crippen LogP) is 4.76. The van der Waals surface area contributed by atoms with Gasteiger partial charge in [0.05, 0.1) is 162 Å². The molecule has 4 N–H and O–H groups in total. The van der Waals surface area contributed by atoms with E-state index in [1.165, 1.54) is 0 Å². The van der Waals surface area contributed by atoms with Crippen molar-refractivity contribution in [1.82, 2.24) is 25.7 Å². The van der Waals surface area contributed by atoms with Crippen molar-refractivity contribution in [3.63, 3.8) is 0 Å². The Morgan fingerprint density at radius 2 is 1.10 bits per heavy atom. The lowest BCUT2D eigenvalue weighted by molar-refractivity contribution is -0.321. The van der Waals surface area contributed by atoms with E-state index >= 15 is 0 Å². The number of carbonyl (C=O) groups excluding carboxylic acids is 4. The van der Waals surface area contributed by atoms with Gasteiger partial charge in [-0.3, -0.25) is 28.8 Å². The molecule has 2 heterocycles. The summed E-state index contributed by atoms with van der Waals surface area (Å²) in [7, 11) is 0. The Kier molecular flexibility index (Phi) is 35.4. The molecule has 3 aromatic rings. The Balaban J connectivity index is 0.893. The van der Waals surface area contributed by atoms with E-state index in [1.807, 2.05) is 6.92 Å². The van der Waals surface area contributed by atoms with Crippen LogP contribution in [0.3, 0.4) is 0 Å². The fraction of sp³-hybridized carbons (Fsp3) is 0.574. The van der Waals surface area contributed by atoms with Crippen LogP contribution in [0.4, 0.5) is 36.4 Å². The van der Waals surface area contributed by atoms with E-state index < -0.39 is 71.1 Å². The number of thiol groups is 1.